The first-order valence-electron chi connectivity index (χ1n) is 6.20. The van der Waals surface area contributed by atoms with E-state index in [4.69, 9.17) is 10.9 Å². The summed E-state index contributed by atoms with van der Waals surface area (Å²) < 4.78 is 0. The normalized spacial score (nSPS) is 11.2. The van der Waals surface area contributed by atoms with Crippen molar-refractivity contribution in [1.29, 1.82) is 0 Å². The zero-order valence-electron chi connectivity index (χ0n) is 11.4. The van der Waals surface area contributed by atoms with Crippen LogP contribution in [0.2, 0.25) is 0 Å². The van der Waals surface area contributed by atoms with Crippen LogP contribution in [0.1, 0.15) is 21.5 Å². The molecule has 5 N–H and O–H groups in total. The van der Waals surface area contributed by atoms with Crippen molar-refractivity contribution in [3.05, 3.63) is 59.2 Å². The lowest BCUT2D eigenvalue weighted by Crippen LogP contribution is -2.15. The van der Waals surface area contributed by atoms with E-state index in [0.717, 1.165) is 5.56 Å². The zero-order chi connectivity index (χ0) is 15.4. The van der Waals surface area contributed by atoms with E-state index in [1.807, 2.05) is 6.92 Å². The van der Waals surface area contributed by atoms with Gasteiger partial charge in [0.05, 0.1) is 5.56 Å². The number of nitrogens with zero attached hydrogens (tertiary/aromatic N) is 1. The fourth-order valence-electron chi connectivity index (χ4n) is 1.85. The van der Waals surface area contributed by atoms with Gasteiger partial charge >= 0.3 is 0 Å². The molecule has 0 saturated carbocycles. The van der Waals surface area contributed by atoms with Gasteiger partial charge in [0.2, 0.25) is 0 Å². The maximum absolute atomic E-state index is 12.1. The quantitative estimate of drug-likeness (QED) is 0.299. The number of amides is 1. The van der Waals surface area contributed by atoms with E-state index in [-0.39, 0.29) is 17.1 Å². The van der Waals surface area contributed by atoms with Crippen LogP contribution in [-0.2, 0) is 0 Å². The lowest BCUT2D eigenvalue weighted by atomic mass is 10.1. The summed E-state index contributed by atoms with van der Waals surface area (Å²) >= 11 is 0. The summed E-state index contributed by atoms with van der Waals surface area (Å²) in [5, 5.41) is 24.0. The number of oxime groups is 1. The van der Waals surface area contributed by atoms with E-state index in [9.17, 15) is 9.90 Å². The average Bonchev–Trinajstić information content (AvgIpc) is 2.46. The lowest BCUT2D eigenvalue weighted by molar-refractivity contribution is 0.102. The summed E-state index contributed by atoms with van der Waals surface area (Å²) in [4.78, 5) is 12.1. The van der Waals surface area contributed by atoms with E-state index >= 15 is 0 Å². The molecule has 21 heavy (non-hydrogen) atoms. The monoisotopic (exact) mass is 285 g/mol. The summed E-state index contributed by atoms with van der Waals surface area (Å²) in [6.45, 7) is 1.82. The number of anilines is 1. The van der Waals surface area contributed by atoms with Gasteiger partial charge in [-0.2, -0.15) is 0 Å². The maximum Gasteiger partial charge on any atom is 0.259 e. The minimum Gasteiger partial charge on any atom is -0.507 e. The molecule has 0 bridgehead atoms. The van der Waals surface area contributed by atoms with Crippen molar-refractivity contribution < 1.29 is 15.1 Å². The standard InChI is InChI=1S/C15H15N3O3/c1-9-5-6-12(13(19)7-9)15(20)17-11-4-2-3-10(8-11)14(16)18-21/h2-8,19,21H,1H3,(H2,16,18)(H,17,20). The number of hydrogen-bond donors (Lipinski definition) is 4. The Labute approximate surface area is 121 Å². The minimum absolute atomic E-state index is 0.0516. The van der Waals surface area contributed by atoms with Crippen LogP contribution in [0.3, 0.4) is 0 Å². The molecule has 2 aromatic carbocycles. The van der Waals surface area contributed by atoms with Gasteiger partial charge in [-0.25, -0.2) is 0 Å². The Bertz CT molecular complexity index is 711. The molecule has 2 aromatic rings. The minimum atomic E-state index is -0.441. The van der Waals surface area contributed by atoms with Gasteiger partial charge in [-0.1, -0.05) is 23.4 Å². The second-order valence-electron chi connectivity index (χ2n) is 4.54. The van der Waals surface area contributed by atoms with Gasteiger partial charge in [-0.3, -0.25) is 4.79 Å². The second kappa shape index (κ2) is 5.96. The molecule has 0 atom stereocenters. The fourth-order valence-corrected chi connectivity index (χ4v) is 1.85. The van der Waals surface area contributed by atoms with Crippen molar-refractivity contribution in [3.8, 4) is 5.75 Å². The highest BCUT2D eigenvalue weighted by molar-refractivity contribution is 6.07. The Balaban J connectivity index is 2.23. The van der Waals surface area contributed by atoms with Crippen LogP contribution >= 0.6 is 0 Å². The molecule has 0 saturated heterocycles. The van der Waals surface area contributed by atoms with Crippen LogP contribution in [0.25, 0.3) is 0 Å². The molecule has 0 radical (unpaired) electrons. The Morgan fingerprint density at radius 2 is 2.00 bits per heavy atom. The van der Waals surface area contributed by atoms with Gasteiger partial charge in [0.25, 0.3) is 5.91 Å². The number of rotatable bonds is 3. The number of amidine groups is 1. The third-order valence-electron chi connectivity index (χ3n) is 2.92. The predicted molar refractivity (Wildman–Crippen MR) is 79.7 cm³/mol. The first-order valence-corrected chi connectivity index (χ1v) is 6.20. The smallest absolute Gasteiger partial charge is 0.259 e. The highest BCUT2D eigenvalue weighted by Gasteiger charge is 2.11. The largest absolute Gasteiger partial charge is 0.507 e. The number of carbonyl (C=O) groups excluding carboxylic acids is 1. The van der Waals surface area contributed by atoms with Gasteiger partial charge in [0.1, 0.15) is 5.75 Å². The van der Waals surface area contributed by atoms with Crippen LogP contribution in [0.15, 0.2) is 47.6 Å². The molecular formula is C15H15N3O3. The third-order valence-corrected chi connectivity index (χ3v) is 2.92. The fraction of sp³-hybridized carbons (Fsp3) is 0.0667. The van der Waals surface area contributed by atoms with Crippen LogP contribution in [-0.4, -0.2) is 22.1 Å². The van der Waals surface area contributed by atoms with Crippen molar-refractivity contribution in [3.63, 3.8) is 0 Å². The molecule has 6 nitrogen and oxygen atoms in total. The maximum atomic E-state index is 12.1. The van der Waals surface area contributed by atoms with Crippen molar-refractivity contribution in [1.82, 2.24) is 0 Å². The van der Waals surface area contributed by atoms with Gasteiger partial charge in [-0.05, 0) is 36.8 Å². The molecule has 0 spiro atoms. The van der Waals surface area contributed by atoms with Gasteiger partial charge in [0.15, 0.2) is 5.84 Å². The first kappa shape index (κ1) is 14.4. The topological polar surface area (TPSA) is 108 Å². The van der Waals surface area contributed by atoms with E-state index in [0.29, 0.717) is 11.3 Å². The second-order valence-corrected chi connectivity index (χ2v) is 4.54. The van der Waals surface area contributed by atoms with Gasteiger partial charge in [0, 0.05) is 11.3 Å². The summed E-state index contributed by atoms with van der Waals surface area (Å²) in [6.07, 6.45) is 0. The van der Waals surface area contributed by atoms with Crippen LogP contribution < -0.4 is 11.1 Å². The first-order chi connectivity index (χ1) is 10.0. The average molecular weight is 285 g/mol. The number of nitrogens with two attached hydrogens (primary N) is 1. The number of benzene rings is 2. The van der Waals surface area contributed by atoms with Crippen LogP contribution in [0.5, 0.6) is 5.75 Å². The number of nitrogens with one attached hydrogen (secondary N) is 1. The molecule has 0 fully saturated rings. The molecule has 0 unspecified atom stereocenters. The summed E-state index contributed by atoms with van der Waals surface area (Å²) in [5.74, 6) is -0.575. The molecule has 0 aliphatic heterocycles. The highest BCUT2D eigenvalue weighted by Crippen LogP contribution is 2.20. The van der Waals surface area contributed by atoms with Crippen LogP contribution in [0, 0.1) is 6.92 Å². The predicted octanol–water partition coefficient (Wildman–Crippen LogP) is 2.05. The van der Waals surface area contributed by atoms with Crippen molar-refractivity contribution in [2.75, 3.05) is 5.32 Å². The summed E-state index contributed by atoms with van der Waals surface area (Å²) in [6, 6.07) is 11.3. The van der Waals surface area contributed by atoms with Crippen LogP contribution in [0.4, 0.5) is 5.69 Å². The number of aryl methyl sites for hydroxylation is 1. The van der Waals surface area contributed by atoms with Gasteiger partial charge < -0.3 is 21.4 Å². The lowest BCUT2D eigenvalue weighted by Gasteiger charge is -2.08. The van der Waals surface area contributed by atoms with E-state index in [1.54, 1.807) is 36.4 Å². The zero-order valence-corrected chi connectivity index (χ0v) is 11.4. The Hall–Kier alpha value is -3.02. The van der Waals surface area contributed by atoms with Crippen molar-refractivity contribution >= 4 is 17.4 Å². The summed E-state index contributed by atoms with van der Waals surface area (Å²) in [5.41, 5.74) is 7.48. The summed E-state index contributed by atoms with van der Waals surface area (Å²) in [7, 11) is 0. The number of phenolic OH excluding ortho intramolecular Hbond substituents is 1. The third kappa shape index (κ3) is 3.30. The molecule has 0 aliphatic rings. The molecular weight excluding hydrogens is 270 g/mol. The van der Waals surface area contributed by atoms with Crippen molar-refractivity contribution in [2.45, 2.75) is 6.92 Å². The Kier molecular flexibility index (Phi) is 4.08. The molecule has 6 heteroatoms. The SMILES string of the molecule is Cc1ccc(C(=O)Nc2cccc(/C(N)=N/O)c2)c(O)c1. The number of phenols is 1. The molecule has 0 aromatic heterocycles. The highest BCUT2D eigenvalue weighted by atomic mass is 16.4. The van der Waals surface area contributed by atoms with Gasteiger partial charge in [-0.15, -0.1) is 0 Å². The Morgan fingerprint density at radius 1 is 1.24 bits per heavy atom. The number of aromatic hydroxyl groups is 1. The molecule has 1 amide bonds. The molecule has 108 valence electrons. The number of hydrogen-bond acceptors (Lipinski definition) is 4. The molecule has 2 rings (SSSR count). The van der Waals surface area contributed by atoms with Crippen molar-refractivity contribution in [2.24, 2.45) is 10.9 Å². The van der Waals surface area contributed by atoms with E-state index in [1.165, 1.54) is 6.07 Å². The Morgan fingerprint density at radius 3 is 2.67 bits per heavy atom. The molecule has 0 aliphatic carbocycles. The van der Waals surface area contributed by atoms with E-state index < -0.39 is 5.91 Å². The molecule has 0 heterocycles. The number of carbonyl (C=O) groups is 1. The van der Waals surface area contributed by atoms with E-state index in [2.05, 4.69) is 10.5 Å².